The van der Waals surface area contributed by atoms with Crippen molar-refractivity contribution in [3.8, 4) is 5.75 Å². The maximum atomic E-state index is 9.72. The summed E-state index contributed by atoms with van der Waals surface area (Å²) in [6, 6.07) is 5.70. The molecule has 1 atom stereocenters. The van der Waals surface area contributed by atoms with Gasteiger partial charge < -0.3 is 14.6 Å². The first-order valence-corrected chi connectivity index (χ1v) is 4.50. The molecule has 0 aliphatic carbocycles. The number of aryl methyl sites for hydroxylation is 1. The Kier molecular flexibility index (Phi) is 3.92. The highest BCUT2D eigenvalue weighted by atomic mass is 16.5. The van der Waals surface area contributed by atoms with Gasteiger partial charge in [0.2, 0.25) is 0 Å². The van der Waals surface area contributed by atoms with Gasteiger partial charge in [0.15, 0.2) is 0 Å². The summed E-state index contributed by atoms with van der Waals surface area (Å²) < 4.78 is 10.1. The molecule has 78 valence electrons. The van der Waals surface area contributed by atoms with Crippen LogP contribution >= 0.6 is 0 Å². The molecular formula is C11H16O3. The third kappa shape index (κ3) is 2.47. The van der Waals surface area contributed by atoms with Crippen LogP contribution in [-0.2, 0) is 4.74 Å². The van der Waals surface area contributed by atoms with Gasteiger partial charge in [0.25, 0.3) is 0 Å². The molecule has 0 aliphatic rings. The second-order valence-corrected chi connectivity index (χ2v) is 3.22. The zero-order valence-corrected chi connectivity index (χ0v) is 8.78. The minimum absolute atomic E-state index is 0.277. The number of benzene rings is 1. The van der Waals surface area contributed by atoms with Crippen LogP contribution in [0, 0.1) is 6.92 Å². The lowest BCUT2D eigenvalue weighted by Crippen LogP contribution is -2.06. The molecule has 0 heterocycles. The fraction of sp³-hybridized carbons (Fsp3) is 0.455. The number of methoxy groups -OCH3 is 2. The van der Waals surface area contributed by atoms with E-state index in [-0.39, 0.29) is 6.61 Å². The number of rotatable bonds is 4. The molecule has 1 aromatic carbocycles. The van der Waals surface area contributed by atoms with Crippen LogP contribution in [0.15, 0.2) is 18.2 Å². The molecule has 0 bridgehead atoms. The highest BCUT2D eigenvalue weighted by Crippen LogP contribution is 2.26. The van der Waals surface area contributed by atoms with Crippen molar-refractivity contribution in [2.75, 3.05) is 20.8 Å². The smallest absolute Gasteiger partial charge is 0.125 e. The second-order valence-electron chi connectivity index (χ2n) is 3.22. The Balaban J connectivity index is 2.95. The predicted molar refractivity (Wildman–Crippen MR) is 54.6 cm³/mol. The molecule has 0 saturated carbocycles. The molecule has 14 heavy (non-hydrogen) atoms. The van der Waals surface area contributed by atoms with Gasteiger partial charge in [0.1, 0.15) is 11.9 Å². The molecule has 0 aliphatic heterocycles. The topological polar surface area (TPSA) is 38.7 Å². The van der Waals surface area contributed by atoms with Crippen molar-refractivity contribution < 1.29 is 14.6 Å². The van der Waals surface area contributed by atoms with Crippen molar-refractivity contribution >= 4 is 0 Å². The number of aliphatic hydroxyl groups excluding tert-OH is 1. The van der Waals surface area contributed by atoms with Gasteiger partial charge in [-0.3, -0.25) is 0 Å². The zero-order chi connectivity index (χ0) is 10.6. The van der Waals surface area contributed by atoms with E-state index in [0.29, 0.717) is 5.75 Å². The van der Waals surface area contributed by atoms with Gasteiger partial charge in [-0.2, -0.15) is 0 Å². The molecule has 0 spiro atoms. The SMILES string of the molecule is COCC(O)c1ccc(C)cc1OC. The van der Waals surface area contributed by atoms with Crippen molar-refractivity contribution in [3.05, 3.63) is 29.3 Å². The Hall–Kier alpha value is -1.06. The average molecular weight is 196 g/mol. The average Bonchev–Trinajstić information content (AvgIpc) is 2.17. The third-order valence-electron chi connectivity index (χ3n) is 2.07. The van der Waals surface area contributed by atoms with Gasteiger partial charge in [0.05, 0.1) is 13.7 Å². The Labute approximate surface area is 84.3 Å². The van der Waals surface area contributed by atoms with E-state index in [1.807, 2.05) is 25.1 Å². The van der Waals surface area contributed by atoms with E-state index in [1.165, 1.54) is 0 Å². The van der Waals surface area contributed by atoms with Crippen LogP contribution in [0.3, 0.4) is 0 Å². The van der Waals surface area contributed by atoms with E-state index in [4.69, 9.17) is 9.47 Å². The molecule has 1 aromatic rings. The highest BCUT2D eigenvalue weighted by Gasteiger charge is 2.12. The molecule has 1 rings (SSSR count). The summed E-state index contributed by atoms with van der Waals surface area (Å²) in [6.07, 6.45) is -0.629. The normalized spacial score (nSPS) is 12.6. The summed E-state index contributed by atoms with van der Waals surface area (Å²) in [5, 5.41) is 9.72. The van der Waals surface area contributed by atoms with E-state index in [0.717, 1.165) is 11.1 Å². The molecule has 0 saturated heterocycles. The number of ether oxygens (including phenoxy) is 2. The summed E-state index contributed by atoms with van der Waals surface area (Å²) in [5.41, 5.74) is 1.87. The third-order valence-corrected chi connectivity index (χ3v) is 2.07. The molecule has 0 aromatic heterocycles. The Morgan fingerprint density at radius 1 is 1.36 bits per heavy atom. The number of hydrogen-bond acceptors (Lipinski definition) is 3. The van der Waals surface area contributed by atoms with Crippen LogP contribution in [0.2, 0.25) is 0 Å². The quantitative estimate of drug-likeness (QED) is 0.796. The number of hydrogen-bond donors (Lipinski definition) is 1. The standard InChI is InChI=1S/C11H16O3/c1-8-4-5-9(10(12)7-13-2)11(6-8)14-3/h4-6,10,12H,7H2,1-3H3. The lowest BCUT2D eigenvalue weighted by Gasteiger charge is -2.14. The molecule has 0 amide bonds. The maximum Gasteiger partial charge on any atom is 0.125 e. The van der Waals surface area contributed by atoms with Crippen LogP contribution in [0.1, 0.15) is 17.2 Å². The van der Waals surface area contributed by atoms with Crippen molar-refractivity contribution in [2.24, 2.45) is 0 Å². The second kappa shape index (κ2) is 4.98. The van der Waals surface area contributed by atoms with E-state index in [2.05, 4.69) is 0 Å². The predicted octanol–water partition coefficient (Wildman–Crippen LogP) is 1.68. The molecule has 1 unspecified atom stereocenters. The van der Waals surface area contributed by atoms with E-state index < -0.39 is 6.10 Å². The molecule has 0 fully saturated rings. The Morgan fingerprint density at radius 2 is 2.07 bits per heavy atom. The fourth-order valence-corrected chi connectivity index (χ4v) is 1.34. The van der Waals surface area contributed by atoms with Gasteiger partial charge in [0, 0.05) is 12.7 Å². The summed E-state index contributed by atoms with van der Waals surface area (Å²) in [7, 11) is 3.15. The monoisotopic (exact) mass is 196 g/mol. The van der Waals surface area contributed by atoms with Gasteiger partial charge >= 0.3 is 0 Å². The van der Waals surface area contributed by atoms with Crippen LogP contribution < -0.4 is 4.74 Å². The van der Waals surface area contributed by atoms with Crippen molar-refractivity contribution in [1.82, 2.24) is 0 Å². The van der Waals surface area contributed by atoms with Crippen molar-refractivity contribution in [1.29, 1.82) is 0 Å². The van der Waals surface area contributed by atoms with Crippen LogP contribution in [0.5, 0.6) is 5.75 Å². The van der Waals surface area contributed by atoms with Gasteiger partial charge in [-0.05, 0) is 18.6 Å². The zero-order valence-electron chi connectivity index (χ0n) is 8.78. The van der Waals surface area contributed by atoms with Crippen LogP contribution in [-0.4, -0.2) is 25.9 Å². The van der Waals surface area contributed by atoms with Gasteiger partial charge in [-0.15, -0.1) is 0 Å². The minimum Gasteiger partial charge on any atom is -0.496 e. The van der Waals surface area contributed by atoms with Crippen LogP contribution in [0.25, 0.3) is 0 Å². The van der Waals surface area contributed by atoms with Crippen molar-refractivity contribution in [3.63, 3.8) is 0 Å². The Bertz CT molecular complexity index is 297. The van der Waals surface area contributed by atoms with Crippen LogP contribution in [0.4, 0.5) is 0 Å². The Morgan fingerprint density at radius 3 is 2.64 bits per heavy atom. The molecule has 3 nitrogen and oxygen atoms in total. The summed E-state index contributed by atoms with van der Waals surface area (Å²) in [4.78, 5) is 0. The van der Waals surface area contributed by atoms with E-state index >= 15 is 0 Å². The van der Waals surface area contributed by atoms with E-state index in [1.54, 1.807) is 14.2 Å². The lowest BCUT2D eigenvalue weighted by atomic mass is 10.1. The minimum atomic E-state index is -0.629. The molecule has 3 heteroatoms. The fourth-order valence-electron chi connectivity index (χ4n) is 1.34. The lowest BCUT2D eigenvalue weighted by molar-refractivity contribution is 0.0628. The first kappa shape index (κ1) is 11.0. The first-order chi connectivity index (χ1) is 6.69. The van der Waals surface area contributed by atoms with Gasteiger partial charge in [-0.25, -0.2) is 0 Å². The highest BCUT2D eigenvalue weighted by molar-refractivity contribution is 5.38. The summed E-state index contributed by atoms with van der Waals surface area (Å²) in [6.45, 7) is 2.26. The summed E-state index contributed by atoms with van der Waals surface area (Å²) in [5.74, 6) is 0.703. The van der Waals surface area contributed by atoms with E-state index in [9.17, 15) is 5.11 Å². The maximum absolute atomic E-state index is 9.72. The number of aliphatic hydroxyl groups is 1. The van der Waals surface area contributed by atoms with Gasteiger partial charge in [-0.1, -0.05) is 12.1 Å². The molecule has 0 radical (unpaired) electrons. The summed E-state index contributed by atoms with van der Waals surface area (Å²) >= 11 is 0. The van der Waals surface area contributed by atoms with Crippen molar-refractivity contribution in [2.45, 2.75) is 13.0 Å². The largest absolute Gasteiger partial charge is 0.496 e. The first-order valence-electron chi connectivity index (χ1n) is 4.50. The molecule has 1 N–H and O–H groups in total. The molecular weight excluding hydrogens is 180 g/mol.